The van der Waals surface area contributed by atoms with Crippen molar-refractivity contribution in [3.05, 3.63) is 29.8 Å². The molecule has 0 spiro atoms. The van der Waals surface area contributed by atoms with Gasteiger partial charge in [-0.3, -0.25) is 9.59 Å². The van der Waals surface area contributed by atoms with Gasteiger partial charge in [0, 0.05) is 18.9 Å². The van der Waals surface area contributed by atoms with Crippen molar-refractivity contribution in [2.45, 2.75) is 118 Å². The number of methoxy groups -OCH3 is 1. The predicted octanol–water partition coefficient (Wildman–Crippen LogP) is 7.71. The smallest absolute Gasteiger partial charge is 0.302 e. The lowest BCUT2D eigenvalue weighted by molar-refractivity contribution is -0.220. The Morgan fingerprint density at radius 3 is 2.41 bits per heavy atom. The second-order valence-electron chi connectivity index (χ2n) is 15.7. The molecule has 0 saturated heterocycles. The molecule has 0 aromatic heterocycles. The SMILES string of the molecule is COc1cccc(CNC(=O)C23CCCC2C2CCC4C(C)(CCC5C(C)(C)C(OC(C)=O)CCC54C)C2CC3)c1. The van der Waals surface area contributed by atoms with Gasteiger partial charge in [-0.2, -0.15) is 0 Å². The zero-order chi connectivity index (χ0) is 29.2. The number of hydrogen-bond acceptors (Lipinski definition) is 4. The lowest BCUT2D eigenvalue weighted by Crippen LogP contribution is -2.64. The zero-order valence-corrected chi connectivity index (χ0v) is 26.4. The van der Waals surface area contributed by atoms with Gasteiger partial charge >= 0.3 is 5.97 Å². The maximum absolute atomic E-state index is 14.0. The maximum atomic E-state index is 14.0. The maximum Gasteiger partial charge on any atom is 0.302 e. The van der Waals surface area contributed by atoms with E-state index in [4.69, 9.17) is 9.47 Å². The van der Waals surface area contributed by atoms with Gasteiger partial charge in [-0.1, -0.05) is 46.2 Å². The highest BCUT2D eigenvalue weighted by molar-refractivity contribution is 5.83. The molecule has 0 aliphatic heterocycles. The Morgan fingerprint density at radius 2 is 1.66 bits per heavy atom. The third-order valence-electron chi connectivity index (χ3n) is 13.8. The second kappa shape index (κ2) is 10.3. The molecule has 0 radical (unpaired) electrons. The van der Waals surface area contributed by atoms with Crippen LogP contribution in [0.2, 0.25) is 0 Å². The first-order valence-corrected chi connectivity index (χ1v) is 16.5. The molecule has 0 bridgehead atoms. The number of benzene rings is 1. The van der Waals surface area contributed by atoms with Crippen molar-refractivity contribution >= 4 is 11.9 Å². The van der Waals surface area contributed by atoms with E-state index in [1.54, 1.807) is 14.0 Å². The summed E-state index contributed by atoms with van der Waals surface area (Å²) in [5.74, 6) is 4.20. The lowest BCUT2D eigenvalue weighted by Gasteiger charge is -2.69. The number of hydrogen-bond donors (Lipinski definition) is 1. The molecule has 5 aliphatic carbocycles. The fraction of sp³-hybridized carbons (Fsp3) is 0.778. The minimum atomic E-state index is -0.186. The van der Waals surface area contributed by atoms with E-state index in [1.807, 2.05) is 18.2 Å². The fourth-order valence-corrected chi connectivity index (χ4v) is 12.1. The van der Waals surface area contributed by atoms with E-state index in [9.17, 15) is 9.59 Å². The van der Waals surface area contributed by atoms with E-state index in [0.29, 0.717) is 41.5 Å². The molecule has 0 heterocycles. The molecule has 6 rings (SSSR count). The van der Waals surface area contributed by atoms with Crippen molar-refractivity contribution in [2.75, 3.05) is 7.11 Å². The Morgan fingerprint density at radius 1 is 0.878 bits per heavy atom. The van der Waals surface area contributed by atoms with Crippen LogP contribution in [0.4, 0.5) is 0 Å². The third kappa shape index (κ3) is 4.46. The van der Waals surface area contributed by atoms with Crippen LogP contribution in [0.25, 0.3) is 0 Å². The van der Waals surface area contributed by atoms with Gasteiger partial charge in [-0.25, -0.2) is 0 Å². The first-order chi connectivity index (χ1) is 19.5. The molecule has 9 atom stereocenters. The van der Waals surface area contributed by atoms with E-state index in [1.165, 1.54) is 44.9 Å². The number of carbonyl (C=O) groups is 2. The largest absolute Gasteiger partial charge is 0.497 e. The summed E-state index contributed by atoms with van der Waals surface area (Å²) in [5.41, 5.74) is 1.54. The number of carbonyl (C=O) groups excluding carboxylic acids is 2. The van der Waals surface area contributed by atoms with Crippen LogP contribution >= 0.6 is 0 Å². The van der Waals surface area contributed by atoms with E-state index in [-0.39, 0.29) is 28.3 Å². The summed E-state index contributed by atoms with van der Waals surface area (Å²) in [4.78, 5) is 25.9. The summed E-state index contributed by atoms with van der Waals surface area (Å²) in [6.07, 6.45) is 12.9. The van der Waals surface area contributed by atoms with Crippen molar-refractivity contribution in [3.63, 3.8) is 0 Å². The molecular formula is C36H53NO4. The second-order valence-corrected chi connectivity index (χ2v) is 15.7. The van der Waals surface area contributed by atoms with E-state index >= 15 is 0 Å². The molecule has 1 aromatic rings. The van der Waals surface area contributed by atoms with E-state index in [2.05, 4.69) is 39.1 Å². The van der Waals surface area contributed by atoms with Crippen LogP contribution in [0.1, 0.15) is 111 Å². The lowest BCUT2D eigenvalue weighted by atomic mass is 9.36. The predicted molar refractivity (Wildman–Crippen MR) is 161 cm³/mol. The molecule has 5 heteroatoms. The molecule has 1 amide bonds. The van der Waals surface area contributed by atoms with Gasteiger partial charge in [0.1, 0.15) is 11.9 Å². The first-order valence-electron chi connectivity index (χ1n) is 16.5. The summed E-state index contributed by atoms with van der Waals surface area (Å²) in [7, 11) is 1.69. The Labute approximate surface area is 247 Å². The molecule has 1 aromatic carbocycles. The molecular weight excluding hydrogens is 510 g/mol. The highest BCUT2D eigenvalue weighted by Crippen LogP contribution is 2.73. The number of rotatable bonds is 5. The number of ether oxygens (including phenoxy) is 2. The average molecular weight is 564 g/mol. The van der Waals surface area contributed by atoms with Crippen molar-refractivity contribution < 1.29 is 19.1 Å². The van der Waals surface area contributed by atoms with E-state index < -0.39 is 0 Å². The van der Waals surface area contributed by atoms with Crippen LogP contribution in [0, 0.1) is 51.2 Å². The van der Waals surface area contributed by atoms with Gasteiger partial charge < -0.3 is 14.8 Å². The van der Waals surface area contributed by atoms with Crippen LogP contribution in [0.3, 0.4) is 0 Å². The first kappa shape index (κ1) is 29.1. The fourth-order valence-electron chi connectivity index (χ4n) is 12.1. The minimum Gasteiger partial charge on any atom is -0.497 e. The molecule has 5 nitrogen and oxygen atoms in total. The van der Waals surface area contributed by atoms with Gasteiger partial charge in [0.2, 0.25) is 5.91 Å². The van der Waals surface area contributed by atoms with Crippen molar-refractivity contribution in [1.29, 1.82) is 0 Å². The summed E-state index contributed by atoms with van der Waals surface area (Å²) >= 11 is 0. The van der Waals surface area contributed by atoms with Gasteiger partial charge in [0.15, 0.2) is 0 Å². The Bertz CT molecular complexity index is 1180. The monoisotopic (exact) mass is 563 g/mol. The summed E-state index contributed by atoms with van der Waals surface area (Å²) in [5, 5.41) is 3.38. The number of fused-ring (bicyclic) bond motifs is 7. The topological polar surface area (TPSA) is 64.6 Å². The number of nitrogens with one attached hydrogen (secondary N) is 1. The highest BCUT2D eigenvalue weighted by Gasteiger charge is 2.67. The van der Waals surface area contributed by atoms with E-state index in [0.717, 1.165) is 42.9 Å². The Hall–Kier alpha value is -2.04. The summed E-state index contributed by atoms with van der Waals surface area (Å²) < 4.78 is 11.3. The molecule has 41 heavy (non-hydrogen) atoms. The summed E-state index contributed by atoms with van der Waals surface area (Å²) in [6, 6.07) is 8.06. The van der Waals surface area contributed by atoms with Crippen LogP contribution in [-0.2, 0) is 20.9 Å². The van der Waals surface area contributed by atoms with Crippen molar-refractivity contribution in [2.24, 2.45) is 51.2 Å². The highest BCUT2D eigenvalue weighted by atomic mass is 16.5. The number of esters is 1. The summed E-state index contributed by atoms with van der Waals surface area (Å²) in [6.45, 7) is 12.1. The van der Waals surface area contributed by atoms with Crippen molar-refractivity contribution in [3.8, 4) is 5.75 Å². The van der Waals surface area contributed by atoms with Gasteiger partial charge in [-0.05, 0) is 122 Å². The van der Waals surface area contributed by atoms with Gasteiger partial charge in [0.05, 0.1) is 12.5 Å². The van der Waals surface area contributed by atoms with Crippen LogP contribution in [-0.4, -0.2) is 25.1 Å². The average Bonchev–Trinajstić information content (AvgIpc) is 3.39. The van der Waals surface area contributed by atoms with Crippen LogP contribution < -0.4 is 10.1 Å². The Kier molecular flexibility index (Phi) is 7.30. The van der Waals surface area contributed by atoms with Crippen molar-refractivity contribution in [1.82, 2.24) is 5.32 Å². The standard InChI is InChI=1S/C36H53NO4/c1-23(38)41-31-16-19-35(5)29(33(31,2)3)15-18-34(4)27-14-20-36(17-8-11-28(36)26(27)12-13-30(34)35)32(39)37-22-24-9-7-10-25(21-24)40-6/h7,9-10,21,26-31H,8,11-20,22H2,1-6H3,(H,37,39). The Balaban J connectivity index is 1.20. The molecule has 5 saturated carbocycles. The third-order valence-corrected chi connectivity index (χ3v) is 13.8. The quantitative estimate of drug-likeness (QED) is 0.373. The molecule has 9 unspecified atom stereocenters. The molecule has 1 N–H and O–H groups in total. The van der Waals surface area contributed by atoms with Crippen LogP contribution in [0.15, 0.2) is 24.3 Å². The number of amides is 1. The van der Waals surface area contributed by atoms with Gasteiger partial charge in [-0.15, -0.1) is 0 Å². The molecule has 5 aliphatic rings. The normalized spacial score (nSPS) is 42.6. The zero-order valence-electron chi connectivity index (χ0n) is 26.4. The molecule has 226 valence electrons. The van der Waals surface area contributed by atoms with Gasteiger partial charge in [0.25, 0.3) is 0 Å². The molecule has 5 fully saturated rings. The van der Waals surface area contributed by atoms with Crippen LogP contribution in [0.5, 0.6) is 5.75 Å². The minimum absolute atomic E-state index is 0.00484.